The number of carbonyl (C=O) groups excluding carboxylic acids is 1. The van der Waals surface area contributed by atoms with Crippen LogP contribution in [0.3, 0.4) is 0 Å². The second-order valence-corrected chi connectivity index (χ2v) is 6.32. The van der Waals surface area contributed by atoms with Crippen molar-refractivity contribution in [2.45, 2.75) is 6.92 Å². The number of nitrogens with one attached hydrogen (secondary N) is 1. The lowest BCUT2D eigenvalue weighted by Crippen LogP contribution is -2.19. The molecule has 0 spiro atoms. The molecule has 0 aliphatic heterocycles. The predicted octanol–water partition coefficient (Wildman–Crippen LogP) is 4.21. The van der Waals surface area contributed by atoms with E-state index >= 15 is 0 Å². The Morgan fingerprint density at radius 3 is 2.50 bits per heavy atom. The lowest BCUT2D eigenvalue weighted by Gasteiger charge is -2.03. The lowest BCUT2D eigenvalue weighted by molar-refractivity contribution is 0.0955. The number of rotatable bonds is 3. The third kappa shape index (κ3) is 4.14. The first-order chi connectivity index (χ1) is 9.56. The number of amides is 1. The van der Waals surface area contributed by atoms with E-state index in [4.69, 9.17) is 0 Å². The molecule has 0 aliphatic carbocycles. The van der Waals surface area contributed by atoms with Crippen LogP contribution in [0.4, 0.5) is 0 Å². The number of hydrazone groups is 1. The Morgan fingerprint density at radius 2 is 1.85 bits per heavy atom. The molecule has 0 aliphatic rings. The van der Waals surface area contributed by atoms with E-state index in [1.165, 1.54) is 0 Å². The Hall–Kier alpha value is -1.21. The van der Waals surface area contributed by atoms with Gasteiger partial charge in [-0.1, -0.05) is 34.1 Å². The number of carbonyl (C=O) groups is 1. The first kappa shape index (κ1) is 15.2. The van der Waals surface area contributed by atoms with Gasteiger partial charge in [0.1, 0.15) is 0 Å². The van der Waals surface area contributed by atoms with E-state index in [1.807, 2.05) is 43.3 Å². The van der Waals surface area contributed by atoms with Crippen LogP contribution in [0.1, 0.15) is 22.8 Å². The molecule has 0 unspecified atom stereocenters. The maximum Gasteiger partial charge on any atom is 0.271 e. The normalized spacial score (nSPS) is 11.2. The standard InChI is InChI=1S/C15H12BrIN2O/c1-10(11-5-7-14(17)8-6-11)18-19-15(20)12-3-2-4-13(16)9-12/h2-9H,1H3,(H,19,20)/b18-10+. The Kier molecular flexibility index (Phi) is 5.31. The van der Waals surface area contributed by atoms with E-state index < -0.39 is 0 Å². The van der Waals surface area contributed by atoms with E-state index in [0.717, 1.165) is 19.3 Å². The molecule has 0 saturated carbocycles. The van der Waals surface area contributed by atoms with Crippen molar-refractivity contribution in [3.05, 3.63) is 67.7 Å². The molecule has 102 valence electrons. The highest BCUT2D eigenvalue weighted by Gasteiger charge is 2.05. The summed E-state index contributed by atoms with van der Waals surface area (Å²) in [5.41, 5.74) is 4.89. The van der Waals surface area contributed by atoms with Gasteiger partial charge in [-0.25, -0.2) is 5.43 Å². The summed E-state index contributed by atoms with van der Waals surface area (Å²) >= 11 is 5.59. The van der Waals surface area contributed by atoms with E-state index in [-0.39, 0.29) is 5.91 Å². The third-order valence-electron chi connectivity index (χ3n) is 2.67. The van der Waals surface area contributed by atoms with Crippen LogP contribution >= 0.6 is 38.5 Å². The van der Waals surface area contributed by atoms with Crippen molar-refractivity contribution in [1.29, 1.82) is 0 Å². The van der Waals surface area contributed by atoms with Crippen LogP contribution in [0.15, 0.2) is 58.1 Å². The highest BCUT2D eigenvalue weighted by atomic mass is 127. The number of hydrogen-bond donors (Lipinski definition) is 1. The van der Waals surface area contributed by atoms with Crippen molar-refractivity contribution >= 4 is 50.1 Å². The van der Waals surface area contributed by atoms with Crippen molar-refractivity contribution in [3.8, 4) is 0 Å². The number of nitrogens with zero attached hydrogens (tertiary/aromatic N) is 1. The number of halogens is 2. The summed E-state index contributed by atoms with van der Waals surface area (Å²) < 4.78 is 2.03. The second-order valence-electron chi connectivity index (χ2n) is 4.16. The summed E-state index contributed by atoms with van der Waals surface area (Å²) in [6, 6.07) is 15.2. The molecule has 0 saturated heterocycles. The summed E-state index contributed by atoms with van der Waals surface area (Å²) in [6.07, 6.45) is 0. The molecule has 2 rings (SSSR count). The molecular weight excluding hydrogens is 431 g/mol. The quantitative estimate of drug-likeness (QED) is 0.432. The van der Waals surface area contributed by atoms with Gasteiger partial charge in [-0.05, 0) is 65.4 Å². The van der Waals surface area contributed by atoms with Gasteiger partial charge in [0, 0.05) is 13.6 Å². The number of hydrogen-bond acceptors (Lipinski definition) is 2. The smallest absolute Gasteiger partial charge is 0.267 e. The predicted molar refractivity (Wildman–Crippen MR) is 93.0 cm³/mol. The molecule has 1 amide bonds. The average molecular weight is 443 g/mol. The molecule has 0 heterocycles. The van der Waals surface area contributed by atoms with Crippen LogP contribution in [-0.2, 0) is 0 Å². The van der Waals surface area contributed by atoms with Crippen molar-refractivity contribution in [3.63, 3.8) is 0 Å². The van der Waals surface area contributed by atoms with Gasteiger partial charge in [-0.15, -0.1) is 0 Å². The van der Waals surface area contributed by atoms with Crippen LogP contribution in [0.25, 0.3) is 0 Å². The molecule has 0 atom stereocenters. The van der Waals surface area contributed by atoms with Crippen LogP contribution in [0, 0.1) is 3.57 Å². The topological polar surface area (TPSA) is 41.5 Å². The van der Waals surface area contributed by atoms with E-state index in [9.17, 15) is 4.79 Å². The molecule has 0 radical (unpaired) electrons. The Morgan fingerprint density at radius 1 is 1.15 bits per heavy atom. The van der Waals surface area contributed by atoms with Crippen molar-refractivity contribution < 1.29 is 4.79 Å². The van der Waals surface area contributed by atoms with Gasteiger partial charge in [0.15, 0.2) is 0 Å². The molecule has 0 fully saturated rings. The van der Waals surface area contributed by atoms with E-state index in [2.05, 4.69) is 49.0 Å². The van der Waals surface area contributed by atoms with Gasteiger partial charge < -0.3 is 0 Å². The van der Waals surface area contributed by atoms with Gasteiger partial charge in [0.25, 0.3) is 5.91 Å². The zero-order valence-corrected chi connectivity index (χ0v) is 14.5. The van der Waals surface area contributed by atoms with Crippen LogP contribution in [-0.4, -0.2) is 11.6 Å². The fourth-order valence-corrected chi connectivity index (χ4v) is 2.34. The van der Waals surface area contributed by atoms with Crippen LogP contribution in [0.2, 0.25) is 0 Å². The maximum atomic E-state index is 11.9. The summed E-state index contributed by atoms with van der Waals surface area (Å²) in [5.74, 6) is -0.226. The van der Waals surface area contributed by atoms with Crippen LogP contribution < -0.4 is 5.43 Å². The van der Waals surface area contributed by atoms with Crippen molar-refractivity contribution in [2.24, 2.45) is 5.10 Å². The van der Waals surface area contributed by atoms with Gasteiger partial charge in [0.2, 0.25) is 0 Å². The zero-order chi connectivity index (χ0) is 14.5. The Labute approximate surface area is 139 Å². The monoisotopic (exact) mass is 442 g/mol. The van der Waals surface area contributed by atoms with Crippen LogP contribution in [0.5, 0.6) is 0 Å². The zero-order valence-electron chi connectivity index (χ0n) is 10.7. The SMILES string of the molecule is C/C(=N\NC(=O)c1cccc(Br)c1)c1ccc(I)cc1. The Bertz CT molecular complexity index is 653. The van der Waals surface area contributed by atoms with Gasteiger partial charge in [0.05, 0.1) is 5.71 Å². The van der Waals surface area contributed by atoms with Crippen molar-refractivity contribution in [1.82, 2.24) is 5.43 Å². The Balaban J connectivity index is 2.08. The lowest BCUT2D eigenvalue weighted by atomic mass is 10.1. The van der Waals surface area contributed by atoms with Gasteiger partial charge in [-0.2, -0.15) is 5.10 Å². The largest absolute Gasteiger partial charge is 0.271 e. The average Bonchev–Trinajstić information content (AvgIpc) is 2.45. The van der Waals surface area contributed by atoms with E-state index in [1.54, 1.807) is 12.1 Å². The molecule has 2 aromatic rings. The summed E-state index contributed by atoms with van der Waals surface area (Å²) in [5, 5.41) is 4.13. The maximum absolute atomic E-state index is 11.9. The molecule has 0 bridgehead atoms. The molecule has 5 heteroatoms. The molecular formula is C15H12BrIN2O. The summed E-state index contributed by atoms with van der Waals surface area (Å²) in [7, 11) is 0. The highest BCUT2D eigenvalue weighted by Crippen LogP contribution is 2.11. The molecule has 2 aromatic carbocycles. The fourth-order valence-electron chi connectivity index (χ4n) is 1.58. The first-order valence-electron chi connectivity index (χ1n) is 5.92. The van der Waals surface area contributed by atoms with E-state index in [0.29, 0.717) is 5.56 Å². The minimum Gasteiger partial charge on any atom is -0.267 e. The highest BCUT2D eigenvalue weighted by molar-refractivity contribution is 14.1. The number of benzene rings is 2. The second kappa shape index (κ2) is 6.99. The summed E-state index contributed by atoms with van der Waals surface area (Å²) in [4.78, 5) is 11.9. The fraction of sp³-hybridized carbons (Fsp3) is 0.0667. The molecule has 1 N–H and O–H groups in total. The summed E-state index contributed by atoms with van der Waals surface area (Å²) in [6.45, 7) is 1.86. The first-order valence-corrected chi connectivity index (χ1v) is 7.79. The molecule has 20 heavy (non-hydrogen) atoms. The molecule has 0 aromatic heterocycles. The third-order valence-corrected chi connectivity index (χ3v) is 3.89. The minimum atomic E-state index is -0.226. The van der Waals surface area contributed by atoms with Gasteiger partial charge in [-0.3, -0.25) is 4.79 Å². The molecule has 3 nitrogen and oxygen atoms in total. The minimum absolute atomic E-state index is 0.226. The van der Waals surface area contributed by atoms with Gasteiger partial charge >= 0.3 is 0 Å². The van der Waals surface area contributed by atoms with Crippen molar-refractivity contribution in [2.75, 3.05) is 0 Å².